The summed E-state index contributed by atoms with van der Waals surface area (Å²) in [7, 11) is 0. The van der Waals surface area contributed by atoms with E-state index in [0.717, 1.165) is 64.5 Å². The first-order valence-corrected chi connectivity index (χ1v) is 13.1. The lowest BCUT2D eigenvalue weighted by atomic mass is 9.33. The van der Waals surface area contributed by atoms with Gasteiger partial charge in [0.1, 0.15) is 6.10 Å². The second kappa shape index (κ2) is 8.43. The predicted molar refractivity (Wildman–Crippen MR) is 129 cm³/mol. The molecule has 1 aromatic carbocycles. The molecule has 1 aromatic rings. The molecule has 2 bridgehead atoms. The molecule has 7 rings (SSSR count). The van der Waals surface area contributed by atoms with E-state index in [2.05, 4.69) is 45.0 Å². The summed E-state index contributed by atoms with van der Waals surface area (Å²) in [6.07, 6.45) is 8.76. The summed E-state index contributed by atoms with van der Waals surface area (Å²) in [5.41, 5.74) is 3.64. The summed E-state index contributed by atoms with van der Waals surface area (Å²) >= 11 is 0. The molecule has 8 heteroatoms. The molecule has 8 nitrogen and oxygen atoms in total. The van der Waals surface area contributed by atoms with Crippen molar-refractivity contribution in [1.29, 1.82) is 0 Å². The molecule has 3 heterocycles. The molecule has 0 radical (unpaired) electrons. The minimum Gasteiger partial charge on any atom is -0.362 e. The largest absolute Gasteiger partial charge is 0.362 e. The van der Waals surface area contributed by atoms with Crippen LogP contribution in [-0.4, -0.2) is 60.2 Å². The van der Waals surface area contributed by atoms with Gasteiger partial charge in [-0.05, 0) is 68.8 Å². The van der Waals surface area contributed by atoms with Crippen LogP contribution in [0, 0.1) is 11.3 Å². The summed E-state index contributed by atoms with van der Waals surface area (Å²) < 4.78 is 6.30. The van der Waals surface area contributed by atoms with Crippen molar-refractivity contribution in [3.05, 3.63) is 35.9 Å². The molecule has 5 fully saturated rings. The third-order valence-electron chi connectivity index (χ3n) is 9.14. The quantitative estimate of drug-likeness (QED) is 0.587. The SMILES string of the molecule is O=C1NN=CC1CCCNC(=O)C1CCC2(CCN(C(=O)C34CC(c5ccccc5)(C3)C4)CC2)O1. The molecular weight excluding hydrogens is 444 g/mol. The number of carbonyl (C=O) groups is 3. The fourth-order valence-electron chi connectivity index (χ4n) is 7.13. The van der Waals surface area contributed by atoms with Crippen LogP contribution < -0.4 is 10.7 Å². The Hall–Kier alpha value is -2.74. The third-order valence-corrected chi connectivity index (χ3v) is 9.14. The zero-order valence-electron chi connectivity index (χ0n) is 20.1. The van der Waals surface area contributed by atoms with Crippen molar-refractivity contribution in [3.8, 4) is 0 Å². The molecule has 3 amide bonds. The van der Waals surface area contributed by atoms with Crippen molar-refractivity contribution in [2.75, 3.05) is 19.6 Å². The van der Waals surface area contributed by atoms with Gasteiger partial charge in [-0.2, -0.15) is 5.10 Å². The highest BCUT2D eigenvalue weighted by Crippen LogP contribution is 2.74. The monoisotopic (exact) mass is 478 g/mol. The zero-order chi connectivity index (χ0) is 24.1. The summed E-state index contributed by atoms with van der Waals surface area (Å²) in [6, 6.07) is 10.6. The number of nitrogens with one attached hydrogen (secondary N) is 2. The van der Waals surface area contributed by atoms with E-state index in [1.807, 2.05) is 6.07 Å². The summed E-state index contributed by atoms with van der Waals surface area (Å²) in [4.78, 5) is 39.6. The lowest BCUT2D eigenvalue weighted by Crippen LogP contribution is -2.71. The smallest absolute Gasteiger partial charge is 0.249 e. The van der Waals surface area contributed by atoms with E-state index in [4.69, 9.17) is 4.74 Å². The normalized spacial score (nSPS) is 34.3. The van der Waals surface area contributed by atoms with Crippen LogP contribution in [0.3, 0.4) is 0 Å². The molecule has 35 heavy (non-hydrogen) atoms. The molecule has 2 unspecified atom stereocenters. The summed E-state index contributed by atoms with van der Waals surface area (Å²) in [5.74, 6) is -0.00430. The van der Waals surface area contributed by atoms with Gasteiger partial charge in [-0.25, -0.2) is 5.43 Å². The Morgan fingerprint density at radius 3 is 2.54 bits per heavy atom. The van der Waals surface area contributed by atoms with E-state index < -0.39 is 6.10 Å². The average Bonchev–Trinajstić information content (AvgIpc) is 3.42. The van der Waals surface area contributed by atoms with Gasteiger partial charge < -0.3 is 15.0 Å². The standard InChI is InChI=1S/C27H34N4O4/c32-22-19(15-29-30-22)5-4-12-28-23(33)21-8-9-27(35-21)10-13-31(14-11-27)24(34)26-16-25(17-26,18-26)20-6-2-1-3-7-20/h1-3,6-7,15,19,21H,4-5,8-14,16-18H2,(H,28,33)(H,30,32). The van der Waals surface area contributed by atoms with E-state index in [0.29, 0.717) is 18.9 Å². The first kappa shape index (κ1) is 22.7. The van der Waals surface area contributed by atoms with Crippen LogP contribution in [0.4, 0.5) is 0 Å². The van der Waals surface area contributed by atoms with Gasteiger partial charge >= 0.3 is 0 Å². The Morgan fingerprint density at radius 1 is 1.11 bits per heavy atom. The van der Waals surface area contributed by atoms with E-state index in [1.54, 1.807) is 6.21 Å². The molecule has 2 atom stereocenters. The number of hydrogen-bond acceptors (Lipinski definition) is 5. The molecule has 3 aliphatic carbocycles. The Bertz CT molecular complexity index is 1030. The number of rotatable bonds is 7. The molecule has 0 aromatic heterocycles. The predicted octanol–water partition coefficient (Wildman–Crippen LogP) is 2.28. The maximum atomic E-state index is 13.3. The molecule has 1 spiro atoms. The fraction of sp³-hybridized carbons (Fsp3) is 0.630. The minimum absolute atomic E-state index is 0.0648. The second-order valence-corrected chi connectivity index (χ2v) is 11.4. The molecule has 2 N–H and O–H groups in total. The van der Waals surface area contributed by atoms with Gasteiger partial charge in [-0.15, -0.1) is 0 Å². The number of amides is 3. The third kappa shape index (κ3) is 3.86. The van der Waals surface area contributed by atoms with Crippen molar-refractivity contribution < 1.29 is 19.1 Å². The molecule has 186 valence electrons. The van der Waals surface area contributed by atoms with Crippen LogP contribution in [-0.2, 0) is 24.5 Å². The molecule has 2 saturated heterocycles. The Balaban J connectivity index is 0.938. The molecule has 6 aliphatic rings. The second-order valence-electron chi connectivity index (χ2n) is 11.4. The Labute approximate surface area is 205 Å². The van der Waals surface area contributed by atoms with Gasteiger partial charge in [-0.3, -0.25) is 14.4 Å². The molecule has 3 aliphatic heterocycles. The number of hydrogen-bond donors (Lipinski definition) is 2. The van der Waals surface area contributed by atoms with Crippen LogP contribution in [0.1, 0.15) is 63.4 Å². The van der Waals surface area contributed by atoms with Crippen molar-refractivity contribution in [2.24, 2.45) is 16.4 Å². The Morgan fingerprint density at radius 2 is 1.86 bits per heavy atom. The van der Waals surface area contributed by atoms with Gasteiger partial charge in [0, 0.05) is 25.8 Å². The number of piperidine rings is 1. The van der Waals surface area contributed by atoms with Crippen molar-refractivity contribution >= 4 is 23.9 Å². The van der Waals surface area contributed by atoms with E-state index in [-0.39, 0.29) is 34.2 Å². The van der Waals surface area contributed by atoms with Crippen LogP contribution in [0.2, 0.25) is 0 Å². The molecule has 3 saturated carbocycles. The van der Waals surface area contributed by atoms with Crippen molar-refractivity contribution in [1.82, 2.24) is 15.6 Å². The van der Waals surface area contributed by atoms with Gasteiger partial charge in [0.05, 0.1) is 16.9 Å². The maximum Gasteiger partial charge on any atom is 0.249 e. The average molecular weight is 479 g/mol. The molecular formula is C27H34N4O4. The first-order valence-electron chi connectivity index (χ1n) is 13.1. The van der Waals surface area contributed by atoms with Gasteiger partial charge in [0.2, 0.25) is 17.7 Å². The first-order chi connectivity index (χ1) is 16.9. The van der Waals surface area contributed by atoms with Gasteiger partial charge in [0.15, 0.2) is 0 Å². The van der Waals surface area contributed by atoms with E-state index in [9.17, 15) is 14.4 Å². The maximum absolute atomic E-state index is 13.3. The lowest BCUT2D eigenvalue weighted by Gasteiger charge is -2.70. The number of benzene rings is 1. The summed E-state index contributed by atoms with van der Waals surface area (Å²) in [6.45, 7) is 1.97. The Kier molecular flexibility index (Phi) is 5.47. The minimum atomic E-state index is -0.420. The zero-order valence-corrected chi connectivity index (χ0v) is 20.1. The highest BCUT2D eigenvalue weighted by atomic mass is 16.5. The number of hydrazone groups is 1. The van der Waals surface area contributed by atoms with Crippen LogP contribution in [0.5, 0.6) is 0 Å². The highest BCUT2D eigenvalue weighted by Gasteiger charge is 2.72. The van der Waals surface area contributed by atoms with Crippen LogP contribution in [0.15, 0.2) is 35.4 Å². The highest BCUT2D eigenvalue weighted by molar-refractivity contribution is 5.97. The number of likely N-dealkylation sites (tertiary alicyclic amines) is 1. The van der Waals surface area contributed by atoms with Crippen LogP contribution >= 0.6 is 0 Å². The van der Waals surface area contributed by atoms with Crippen molar-refractivity contribution in [2.45, 2.75) is 74.9 Å². The van der Waals surface area contributed by atoms with E-state index >= 15 is 0 Å². The van der Waals surface area contributed by atoms with Crippen molar-refractivity contribution in [3.63, 3.8) is 0 Å². The lowest BCUT2D eigenvalue weighted by molar-refractivity contribution is -0.191. The van der Waals surface area contributed by atoms with Gasteiger partial charge in [-0.1, -0.05) is 30.3 Å². The van der Waals surface area contributed by atoms with Crippen LogP contribution in [0.25, 0.3) is 0 Å². The number of carbonyl (C=O) groups excluding carboxylic acids is 3. The summed E-state index contributed by atoms with van der Waals surface area (Å²) in [5, 5.41) is 6.74. The number of ether oxygens (including phenoxy) is 1. The topological polar surface area (TPSA) is 100 Å². The van der Waals surface area contributed by atoms with Gasteiger partial charge in [0.25, 0.3) is 0 Å². The van der Waals surface area contributed by atoms with E-state index in [1.165, 1.54) is 5.56 Å². The fourth-order valence-corrected chi connectivity index (χ4v) is 7.13. The number of nitrogens with zero attached hydrogens (tertiary/aromatic N) is 2.